The van der Waals surface area contributed by atoms with Crippen LogP contribution < -0.4 is 19.7 Å². The van der Waals surface area contributed by atoms with Crippen LogP contribution in [-0.4, -0.2) is 31.2 Å². The number of nitrogens with zero attached hydrogens (tertiary/aromatic N) is 1. The van der Waals surface area contributed by atoms with Gasteiger partial charge < -0.3 is 19.7 Å². The number of methoxy groups -OCH3 is 1. The van der Waals surface area contributed by atoms with Gasteiger partial charge in [0, 0.05) is 24.2 Å². The van der Waals surface area contributed by atoms with Gasteiger partial charge in [0.15, 0.2) is 0 Å². The molecule has 3 aromatic carbocycles. The van der Waals surface area contributed by atoms with E-state index in [0.29, 0.717) is 17.2 Å². The van der Waals surface area contributed by atoms with E-state index >= 15 is 0 Å². The van der Waals surface area contributed by atoms with Gasteiger partial charge in [-0.25, -0.2) is 13.6 Å². The molecule has 184 valence electrons. The number of anilines is 1. The molecule has 0 heterocycles. The molecule has 0 radical (unpaired) electrons. The lowest BCUT2D eigenvalue weighted by atomic mass is 10.0. The third-order valence-electron chi connectivity index (χ3n) is 5.41. The second-order valence-electron chi connectivity index (χ2n) is 8.02. The molecule has 1 fully saturated rings. The van der Waals surface area contributed by atoms with Crippen molar-refractivity contribution in [2.24, 2.45) is 0 Å². The van der Waals surface area contributed by atoms with Gasteiger partial charge in [-0.15, -0.1) is 0 Å². The lowest BCUT2D eigenvalue weighted by Gasteiger charge is -2.28. The largest absolute Gasteiger partial charge is 0.497 e. The molecule has 9 heteroatoms. The summed E-state index contributed by atoms with van der Waals surface area (Å²) in [6.45, 7) is 0. The number of benzene rings is 3. The lowest BCUT2D eigenvalue weighted by Crippen LogP contribution is -2.51. The number of hydrogen-bond acceptors (Lipinski definition) is 4. The highest BCUT2D eigenvalue weighted by Crippen LogP contribution is 2.33. The minimum Gasteiger partial charge on any atom is -0.497 e. The first-order valence-electron chi connectivity index (χ1n) is 10.9. The summed E-state index contributed by atoms with van der Waals surface area (Å²) in [5, 5.41) is 2.59. The van der Waals surface area contributed by atoms with Crippen molar-refractivity contribution in [3.8, 4) is 11.5 Å². The average Bonchev–Trinajstić information content (AvgIpc) is 3.64. The zero-order valence-corrected chi connectivity index (χ0v) is 20.0. The molecule has 1 N–H and O–H groups in total. The van der Waals surface area contributed by atoms with E-state index in [1.165, 1.54) is 0 Å². The summed E-state index contributed by atoms with van der Waals surface area (Å²) < 4.78 is 38.1. The van der Waals surface area contributed by atoms with Crippen molar-refractivity contribution in [3.63, 3.8) is 0 Å². The number of halogens is 2. The summed E-state index contributed by atoms with van der Waals surface area (Å²) in [4.78, 5) is 27.9. The third kappa shape index (κ3) is 6.95. The SMILES string of the molecule is COc1ccc(N(C(=O)[C@H](Cc2cc(F)cc(F)c2)NC(=O)Oc2ccccc2)C2CC2)cc1.S. The number of para-hydroxylation sites is 1. The van der Waals surface area contributed by atoms with E-state index in [1.54, 1.807) is 66.6 Å². The van der Waals surface area contributed by atoms with Gasteiger partial charge in [0.2, 0.25) is 5.91 Å². The molecule has 0 aliphatic heterocycles. The summed E-state index contributed by atoms with van der Waals surface area (Å²) in [7, 11) is 1.55. The van der Waals surface area contributed by atoms with Crippen molar-refractivity contribution in [3.05, 3.63) is 90.0 Å². The van der Waals surface area contributed by atoms with Gasteiger partial charge in [0.05, 0.1) is 7.11 Å². The summed E-state index contributed by atoms with van der Waals surface area (Å²) >= 11 is 0. The third-order valence-corrected chi connectivity index (χ3v) is 5.41. The molecule has 6 nitrogen and oxygen atoms in total. The van der Waals surface area contributed by atoms with Gasteiger partial charge in [-0.2, -0.15) is 13.5 Å². The van der Waals surface area contributed by atoms with Crippen molar-refractivity contribution in [2.45, 2.75) is 31.3 Å². The Kier molecular flexibility index (Phi) is 8.70. The predicted octanol–water partition coefficient (Wildman–Crippen LogP) is 4.98. The van der Waals surface area contributed by atoms with E-state index in [1.807, 2.05) is 0 Å². The van der Waals surface area contributed by atoms with Gasteiger partial charge in [-0.3, -0.25) is 4.79 Å². The molecular formula is C26H26F2N2O4S. The van der Waals surface area contributed by atoms with E-state index in [2.05, 4.69) is 5.32 Å². The first-order chi connectivity index (χ1) is 16.4. The van der Waals surface area contributed by atoms with Crippen LogP contribution in [0.3, 0.4) is 0 Å². The van der Waals surface area contributed by atoms with Crippen LogP contribution in [0.15, 0.2) is 72.8 Å². The van der Waals surface area contributed by atoms with E-state index in [0.717, 1.165) is 31.0 Å². The minimum absolute atomic E-state index is 0. The highest BCUT2D eigenvalue weighted by Gasteiger charge is 2.38. The molecular weight excluding hydrogens is 474 g/mol. The number of carbonyl (C=O) groups excluding carboxylic acids is 2. The van der Waals surface area contributed by atoms with Crippen molar-refractivity contribution in [1.82, 2.24) is 5.32 Å². The molecule has 0 saturated heterocycles. The van der Waals surface area contributed by atoms with Crippen LogP contribution in [-0.2, 0) is 11.2 Å². The van der Waals surface area contributed by atoms with Gasteiger partial charge in [-0.1, -0.05) is 18.2 Å². The summed E-state index contributed by atoms with van der Waals surface area (Å²) in [6.07, 6.45) is 0.671. The molecule has 0 aromatic heterocycles. The second kappa shape index (κ2) is 11.7. The molecule has 4 rings (SSSR count). The molecule has 1 atom stereocenters. The maximum absolute atomic E-state index is 13.8. The van der Waals surface area contributed by atoms with Gasteiger partial charge in [0.25, 0.3) is 0 Å². The Labute approximate surface area is 209 Å². The maximum atomic E-state index is 13.8. The smallest absolute Gasteiger partial charge is 0.413 e. The number of rotatable bonds is 8. The van der Waals surface area contributed by atoms with Crippen molar-refractivity contribution in [2.75, 3.05) is 12.0 Å². The molecule has 3 aromatic rings. The maximum Gasteiger partial charge on any atom is 0.413 e. The fourth-order valence-corrected chi connectivity index (χ4v) is 3.69. The fraction of sp³-hybridized carbons (Fsp3) is 0.231. The lowest BCUT2D eigenvalue weighted by molar-refractivity contribution is -0.120. The molecule has 1 aliphatic rings. The molecule has 0 bridgehead atoms. The first kappa shape index (κ1) is 26.0. The molecule has 0 spiro atoms. The number of ether oxygens (including phenoxy) is 2. The average molecular weight is 501 g/mol. The highest BCUT2D eigenvalue weighted by atomic mass is 32.1. The second-order valence-corrected chi connectivity index (χ2v) is 8.02. The van der Waals surface area contributed by atoms with Crippen LogP contribution in [0.2, 0.25) is 0 Å². The topological polar surface area (TPSA) is 67.9 Å². The molecule has 0 unspecified atom stereocenters. The van der Waals surface area contributed by atoms with E-state index in [-0.39, 0.29) is 31.5 Å². The summed E-state index contributed by atoms with van der Waals surface area (Å²) in [5.74, 6) is -0.979. The Morgan fingerprint density at radius 1 is 0.971 bits per heavy atom. The van der Waals surface area contributed by atoms with Gasteiger partial charge >= 0.3 is 6.09 Å². The quantitative estimate of drug-likeness (QED) is 0.474. The Bertz CT molecular complexity index is 1140. The molecule has 1 saturated carbocycles. The zero-order chi connectivity index (χ0) is 24.1. The van der Waals surface area contributed by atoms with Crippen LogP contribution in [0, 0.1) is 11.6 Å². The van der Waals surface area contributed by atoms with Crippen molar-refractivity contribution < 1.29 is 27.8 Å². The van der Waals surface area contributed by atoms with Crippen LogP contribution in [0.5, 0.6) is 11.5 Å². The fourth-order valence-electron chi connectivity index (χ4n) is 3.69. The number of nitrogens with one attached hydrogen (secondary N) is 1. The van der Waals surface area contributed by atoms with Gasteiger partial charge in [-0.05, 0) is 66.9 Å². The van der Waals surface area contributed by atoms with E-state index in [9.17, 15) is 18.4 Å². The number of amides is 2. The predicted molar refractivity (Wildman–Crippen MR) is 133 cm³/mol. The molecule has 2 amide bonds. The van der Waals surface area contributed by atoms with Crippen molar-refractivity contribution >= 4 is 31.2 Å². The Morgan fingerprint density at radius 3 is 2.17 bits per heavy atom. The van der Waals surface area contributed by atoms with Gasteiger partial charge in [0.1, 0.15) is 29.2 Å². The van der Waals surface area contributed by atoms with Crippen LogP contribution in [0.25, 0.3) is 0 Å². The van der Waals surface area contributed by atoms with Crippen LogP contribution in [0.1, 0.15) is 18.4 Å². The first-order valence-corrected chi connectivity index (χ1v) is 10.9. The van der Waals surface area contributed by atoms with E-state index < -0.39 is 29.7 Å². The summed E-state index contributed by atoms with van der Waals surface area (Å²) in [6, 6.07) is 17.3. The minimum atomic E-state index is -1.11. The van der Waals surface area contributed by atoms with Crippen LogP contribution >= 0.6 is 13.5 Å². The Hall–Kier alpha value is -3.59. The number of carbonyl (C=O) groups is 2. The highest BCUT2D eigenvalue weighted by molar-refractivity contribution is 7.59. The number of hydrogen-bond donors (Lipinski definition) is 1. The van der Waals surface area contributed by atoms with Crippen LogP contribution in [0.4, 0.5) is 19.3 Å². The monoisotopic (exact) mass is 500 g/mol. The van der Waals surface area contributed by atoms with E-state index in [4.69, 9.17) is 9.47 Å². The normalized spacial score (nSPS) is 13.2. The zero-order valence-electron chi connectivity index (χ0n) is 19.0. The molecule has 35 heavy (non-hydrogen) atoms. The Balaban J connectivity index is 0.00000342. The molecule has 1 aliphatic carbocycles. The van der Waals surface area contributed by atoms with Crippen molar-refractivity contribution in [1.29, 1.82) is 0 Å². The standard InChI is InChI=1S/C26H24F2N2O4.H2S/c1-33-22-11-9-21(10-12-22)30(20-7-8-20)25(31)24(15-17-13-18(27)16-19(28)14-17)29-26(32)34-23-5-3-2-4-6-23;/h2-6,9-14,16,20,24H,7-8,15H2,1H3,(H,29,32);1H2/t24-;/m0./s1. The summed E-state index contributed by atoms with van der Waals surface area (Å²) in [5.41, 5.74) is 0.878. The Morgan fingerprint density at radius 2 is 1.60 bits per heavy atom.